The molecule has 2 aliphatic heterocycles. The molecular weight excluding hydrogens is 198 g/mol. The van der Waals surface area contributed by atoms with Gasteiger partial charge >= 0.3 is 0 Å². The number of carbonyl (C=O) groups excluding carboxylic acids is 1. The summed E-state index contributed by atoms with van der Waals surface area (Å²) in [6, 6.07) is 0. The van der Waals surface area contributed by atoms with Crippen molar-refractivity contribution in [2.24, 2.45) is 0 Å². The first-order valence-corrected chi connectivity index (χ1v) is 6.26. The van der Waals surface area contributed by atoms with Crippen LogP contribution in [0.1, 0.15) is 26.2 Å². The topological polar surface area (TPSA) is 40.5 Å². The van der Waals surface area contributed by atoms with Crippen LogP contribution >= 0.6 is 11.8 Å². The monoisotopic (exact) mass is 215 g/mol. The molecule has 4 heteroatoms. The van der Waals surface area contributed by atoms with Crippen LogP contribution in [0, 0.1) is 0 Å². The minimum absolute atomic E-state index is 0.170. The molecule has 0 aromatic heterocycles. The third kappa shape index (κ3) is 2.06. The molecule has 14 heavy (non-hydrogen) atoms. The molecule has 80 valence electrons. The van der Waals surface area contributed by atoms with Crippen molar-refractivity contribution in [1.82, 2.24) is 4.90 Å². The normalized spacial score (nSPS) is 37.9. The van der Waals surface area contributed by atoms with E-state index in [1.165, 1.54) is 0 Å². The SMILES string of the molecule is CC1(O)CCN(C(=O)C2CCCS2)C1. The van der Waals surface area contributed by atoms with E-state index in [0.717, 1.165) is 31.6 Å². The van der Waals surface area contributed by atoms with Crippen LogP contribution in [-0.4, -0.2) is 45.6 Å². The van der Waals surface area contributed by atoms with Gasteiger partial charge in [-0.05, 0) is 31.9 Å². The molecule has 0 aromatic rings. The minimum atomic E-state index is -0.654. The van der Waals surface area contributed by atoms with Crippen molar-refractivity contribution in [3.63, 3.8) is 0 Å². The molecule has 2 unspecified atom stereocenters. The van der Waals surface area contributed by atoms with Crippen LogP contribution in [0.15, 0.2) is 0 Å². The first-order valence-electron chi connectivity index (χ1n) is 5.21. The quantitative estimate of drug-likeness (QED) is 0.705. The molecule has 2 heterocycles. The van der Waals surface area contributed by atoms with Crippen LogP contribution in [0.4, 0.5) is 0 Å². The van der Waals surface area contributed by atoms with Gasteiger partial charge in [0.05, 0.1) is 10.9 Å². The van der Waals surface area contributed by atoms with Crippen molar-refractivity contribution in [2.45, 2.75) is 37.0 Å². The highest BCUT2D eigenvalue weighted by molar-refractivity contribution is 8.00. The van der Waals surface area contributed by atoms with E-state index in [4.69, 9.17) is 0 Å². The lowest BCUT2D eigenvalue weighted by molar-refractivity contribution is -0.130. The van der Waals surface area contributed by atoms with Crippen molar-refractivity contribution in [1.29, 1.82) is 0 Å². The molecule has 2 fully saturated rings. The highest BCUT2D eigenvalue weighted by Crippen LogP contribution is 2.30. The highest BCUT2D eigenvalue weighted by Gasteiger charge is 2.37. The number of hydrogen-bond donors (Lipinski definition) is 1. The molecule has 0 spiro atoms. The highest BCUT2D eigenvalue weighted by atomic mass is 32.2. The largest absolute Gasteiger partial charge is 0.388 e. The number of amides is 1. The van der Waals surface area contributed by atoms with Gasteiger partial charge in [0, 0.05) is 13.1 Å². The van der Waals surface area contributed by atoms with Crippen molar-refractivity contribution in [3.8, 4) is 0 Å². The van der Waals surface area contributed by atoms with Crippen molar-refractivity contribution >= 4 is 17.7 Å². The molecule has 0 aromatic carbocycles. The van der Waals surface area contributed by atoms with Gasteiger partial charge in [0.1, 0.15) is 0 Å². The number of thioether (sulfide) groups is 1. The molecule has 1 N–H and O–H groups in total. The Labute approximate surface area is 88.9 Å². The van der Waals surface area contributed by atoms with E-state index in [1.807, 2.05) is 11.8 Å². The van der Waals surface area contributed by atoms with Crippen LogP contribution in [0.25, 0.3) is 0 Å². The Balaban J connectivity index is 1.92. The number of likely N-dealkylation sites (tertiary alicyclic amines) is 1. The Kier molecular flexibility index (Phi) is 2.75. The zero-order chi connectivity index (χ0) is 10.2. The summed E-state index contributed by atoms with van der Waals surface area (Å²) < 4.78 is 0. The first kappa shape index (κ1) is 10.3. The van der Waals surface area contributed by atoms with Gasteiger partial charge in [-0.25, -0.2) is 0 Å². The fraction of sp³-hybridized carbons (Fsp3) is 0.900. The molecule has 0 radical (unpaired) electrons. The third-order valence-corrected chi connectivity index (χ3v) is 4.33. The Bertz CT molecular complexity index is 236. The maximum Gasteiger partial charge on any atom is 0.235 e. The van der Waals surface area contributed by atoms with Gasteiger partial charge in [-0.1, -0.05) is 0 Å². The maximum absolute atomic E-state index is 11.9. The van der Waals surface area contributed by atoms with Gasteiger partial charge < -0.3 is 10.0 Å². The number of aliphatic hydroxyl groups is 1. The van der Waals surface area contributed by atoms with Crippen LogP contribution in [0.3, 0.4) is 0 Å². The lowest BCUT2D eigenvalue weighted by Crippen LogP contribution is -2.38. The van der Waals surface area contributed by atoms with Gasteiger partial charge in [-0.15, -0.1) is 11.8 Å². The number of β-amino-alcohol motifs (C(OH)–C–C–N with tert-alkyl or cyclic N) is 1. The van der Waals surface area contributed by atoms with E-state index in [0.29, 0.717) is 6.54 Å². The number of rotatable bonds is 1. The Morgan fingerprint density at radius 3 is 2.93 bits per heavy atom. The number of hydrogen-bond acceptors (Lipinski definition) is 3. The number of carbonyl (C=O) groups is 1. The van der Waals surface area contributed by atoms with E-state index < -0.39 is 5.60 Å². The molecule has 2 aliphatic rings. The van der Waals surface area contributed by atoms with Crippen molar-refractivity contribution in [2.75, 3.05) is 18.8 Å². The predicted molar refractivity (Wildman–Crippen MR) is 57.3 cm³/mol. The van der Waals surface area contributed by atoms with Crippen LogP contribution in [0.2, 0.25) is 0 Å². The summed E-state index contributed by atoms with van der Waals surface area (Å²) in [7, 11) is 0. The summed E-state index contributed by atoms with van der Waals surface area (Å²) in [4.78, 5) is 13.8. The smallest absolute Gasteiger partial charge is 0.235 e. The standard InChI is InChI=1S/C10H17NO2S/c1-10(13)4-5-11(7-10)9(12)8-3-2-6-14-8/h8,13H,2-7H2,1H3. The molecular formula is C10H17NO2S. The molecule has 2 saturated heterocycles. The van der Waals surface area contributed by atoms with E-state index in [2.05, 4.69) is 0 Å². The van der Waals surface area contributed by atoms with E-state index in [1.54, 1.807) is 11.8 Å². The zero-order valence-corrected chi connectivity index (χ0v) is 9.35. The third-order valence-electron chi connectivity index (χ3n) is 2.97. The Hall–Kier alpha value is -0.220. The second-order valence-corrected chi connectivity index (χ2v) is 5.82. The molecule has 0 saturated carbocycles. The van der Waals surface area contributed by atoms with Crippen LogP contribution in [0.5, 0.6) is 0 Å². The summed E-state index contributed by atoms with van der Waals surface area (Å²) in [5, 5.41) is 9.93. The zero-order valence-electron chi connectivity index (χ0n) is 8.53. The van der Waals surface area contributed by atoms with E-state index in [-0.39, 0.29) is 11.2 Å². The van der Waals surface area contributed by atoms with Crippen molar-refractivity contribution < 1.29 is 9.90 Å². The maximum atomic E-state index is 11.9. The van der Waals surface area contributed by atoms with Crippen LogP contribution in [-0.2, 0) is 4.79 Å². The second-order valence-electron chi connectivity index (χ2n) is 4.51. The van der Waals surface area contributed by atoms with Gasteiger partial charge in [0.2, 0.25) is 5.91 Å². The van der Waals surface area contributed by atoms with Gasteiger partial charge in [-0.2, -0.15) is 0 Å². The summed E-state index contributed by atoms with van der Waals surface area (Å²) in [6.07, 6.45) is 2.89. The summed E-state index contributed by atoms with van der Waals surface area (Å²) in [5.74, 6) is 1.35. The van der Waals surface area contributed by atoms with Gasteiger partial charge in [0.25, 0.3) is 0 Å². The average Bonchev–Trinajstić information content (AvgIpc) is 2.72. The van der Waals surface area contributed by atoms with Crippen molar-refractivity contribution in [3.05, 3.63) is 0 Å². The lowest BCUT2D eigenvalue weighted by Gasteiger charge is -2.21. The van der Waals surface area contributed by atoms with Gasteiger partial charge in [0.15, 0.2) is 0 Å². The number of nitrogens with zero attached hydrogens (tertiary/aromatic N) is 1. The van der Waals surface area contributed by atoms with E-state index in [9.17, 15) is 9.90 Å². The van der Waals surface area contributed by atoms with Gasteiger partial charge in [-0.3, -0.25) is 4.79 Å². The first-order chi connectivity index (χ1) is 6.58. The fourth-order valence-electron chi connectivity index (χ4n) is 2.11. The molecule has 2 rings (SSSR count). The summed E-state index contributed by atoms with van der Waals surface area (Å²) in [6.45, 7) is 3.05. The van der Waals surface area contributed by atoms with Crippen LogP contribution < -0.4 is 0 Å². The Morgan fingerprint density at radius 2 is 2.43 bits per heavy atom. The molecule has 1 amide bonds. The summed E-state index contributed by atoms with van der Waals surface area (Å²) in [5.41, 5.74) is -0.654. The predicted octanol–water partition coefficient (Wildman–Crippen LogP) is 0.865. The molecule has 0 aliphatic carbocycles. The minimum Gasteiger partial charge on any atom is -0.388 e. The Morgan fingerprint density at radius 1 is 1.64 bits per heavy atom. The lowest BCUT2D eigenvalue weighted by atomic mass is 10.1. The fourth-order valence-corrected chi connectivity index (χ4v) is 3.35. The molecule has 2 atom stereocenters. The average molecular weight is 215 g/mol. The van der Waals surface area contributed by atoms with E-state index >= 15 is 0 Å². The second kappa shape index (κ2) is 3.74. The molecule has 3 nitrogen and oxygen atoms in total. The molecule has 0 bridgehead atoms. The summed E-state index contributed by atoms with van der Waals surface area (Å²) >= 11 is 1.76.